The van der Waals surface area contributed by atoms with Gasteiger partial charge in [0.05, 0.1) is 4.92 Å². The highest BCUT2D eigenvalue weighted by Gasteiger charge is 2.26. The summed E-state index contributed by atoms with van der Waals surface area (Å²) in [5.41, 5.74) is 5.83. The van der Waals surface area contributed by atoms with Crippen LogP contribution in [0.3, 0.4) is 0 Å². The van der Waals surface area contributed by atoms with Crippen molar-refractivity contribution in [1.29, 1.82) is 0 Å². The van der Waals surface area contributed by atoms with Gasteiger partial charge in [0.1, 0.15) is 5.56 Å². The van der Waals surface area contributed by atoms with Crippen molar-refractivity contribution in [2.24, 2.45) is 0 Å². The smallest absolute Gasteiger partial charge is 0.282 e. The summed E-state index contributed by atoms with van der Waals surface area (Å²) in [5.74, 6) is -0.327. The zero-order chi connectivity index (χ0) is 14.0. The third-order valence-corrected chi connectivity index (χ3v) is 3.24. The summed E-state index contributed by atoms with van der Waals surface area (Å²) in [6, 6.07) is 4.08. The van der Waals surface area contributed by atoms with Gasteiger partial charge >= 0.3 is 0 Å². The number of nitrogens with zero attached hydrogens (tertiary/aromatic N) is 3. The molecule has 102 valence electrons. The molecule has 2 rings (SSSR count). The lowest BCUT2D eigenvalue weighted by Crippen LogP contribution is -2.47. The number of piperazine rings is 1. The minimum Gasteiger partial charge on any atom is -0.399 e. The largest absolute Gasteiger partial charge is 0.399 e. The van der Waals surface area contributed by atoms with Crippen LogP contribution < -0.4 is 5.73 Å². The van der Waals surface area contributed by atoms with Crippen LogP contribution in [0.15, 0.2) is 18.2 Å². The van der Waals surface area contributed by atoms with E-state index in [1.54, 1.807) is 4.90 Å². The number of amides is 1. The van der Waals surface area contributed by atoms with E-state index in [0.29, 0.717) is 18.8 Å². The standard InChI is InChI=1S/C12H16N4O3/c1-14-4-6-15(7-5-14)12(17)10-8-9(13)2-3-11(10)16(18)19/h2-3,8H,4-7,13H2,1H3. The van der Waals surface area contributed by atoms with Gasteiger partial charge in [0.2, 0.25) is 0 Å². The van der Waals surface area contributed by atoms with Crippen LogP contribution in [-0.2, 0) is 0 Å². The summed E-state index contributed by atoms with van der Waals surface area (Å²) in [7, 11) is 1.98. The first kappa shape index (κ1) is 13.3. The SMILES string of the molecule is CN1CCN(C(=O)c2cc(N)ccc2[N+](=O)[O-])CC1. The Morgan fingerprint density at radius 2 is 1.95 bits per heavy atom. The Morgan fingerprint density at radius 1 is 1.32 bits per heavy atom. The minimum atomic E-state index is -0.553. The van der Waals surface area contributed by atoms with E-state index in [1.807, 2.05) is 7.05 Å². The van der Waals surface area contributed by atoms with Crippen molar-refractivity contribution >= 4 is 17.3 Å². The normalized spacial score (nSPS) is 16.4. The third-order valence-electron chi connectivity index (χ3n) is 3.24. The van der Waals surface area contributed by atoms with Gasteiger partial charge in [-0.3, -0.25) is 14.9 Å². The van der Waals surface area contributed by atoms with E-state index in [9.17, 15) is 14.9 Å². The van der Waals surface area contributed by atoms with Crippen molar-refractivity contribution in [3.8, 4) is 0 Å². The Balaban J connectivity index is 2.27. The van der Waals surface area contributed by atoms with Crippen LogP contribution in [0.2, 0.25) is 0 Å². The topological polar surface area (TPSA) is 92.7 Å². The predicted molar refractivity (Wildman–Crippen MR) is 70.9 cm³/mol. The van der Waals surface area contributed by atoms with Gasteiger partial charge in [0.25, 0.3) is 11.6 Å². The molecule has 1 aromatic rings. The van der Waals surface area contributed by atoms with E-state index in [2.05, 4.69) is 4.90 Å². The van der Waals surface area contributed by atoms with Gasteiger partial charge in [0, 0.05) is 37.9 Å². The number of carbonyl (C=O) groups is 1. The van der Waals surface area contributed by atoms with E-state index in [0.717, 1.165) is 13.1 Å². The number of nitro benzene ring substituents is 1. The van der Waals surface area contributed by atoms with E-state index >= 15 is 0 Å². The zero-order valence-electron chi connectivity index (χ0n) is 10.7. The van der Waals surface area contributed by atoms with E-state index in [4.69, 9.17) is 5.73 Å². The number of anilines is 1. The molecule has 1 amide bonds. The van der Waals surface area contributed by atoms with Crippen molar-refractivity contribution in [1.82, 2.24) is 9.80 Å². The lowest BCUT2D eigenvalue weighted by molar-refractivity contribution is -0.385. The molecule has 0 radical (unpaired) electrons. The van der Waals surface area contributed by atoms with Gasteiger partial charge in [-0.2, -0.15) is 0 Å². The monoisotopic (exact) mass is 264 g/mol. The zero-order valence-corrected chi connectivity index (χ0v) is 10.7. The molecule has 0 atom stereocenters. The quantitative estimate of drug-likeness (QED) is 0.479. The molecule has 1 aromatic carbocycles. The number of hydrogen-bond donors (Lipinski definition) is 1. The van der Waals surface area contributed by atoms with Gasteiger partial charge < -0.3 is 15.5 Å². The van der Waals surface area contributed by atoms with Crippen molar-refractivity contribution in [2.45, 2.75) is 0 Å². The van der Waals surface area contributed by atoms with Crippen molar-refractivity contribution < 1.29 is 9.72 Å². The Kier molecular flexibility index (Phi) is 3.66. The van der Waals surface area contributed by atoms with Gasteiger partial charge in [-0.25, -0.2) is 0 Å². The molecule has 19 heavy (non-hydrogen) atoms. The number of nitrogen functional groups attached to an aromatic ring is 1. The number of nitrogens with two attached hydrogens (primary N) is 1. The van der Waals surface area contributed by atoms with Gasteiger partial charge in [0.15, 0.2) is 0 Å². The molecule has 1 fully saturated rings. The maximum atomic E-state index is 12.3. The van der Waals surface area contributed by atoms with Crippen molar-refractivity contribution in [3.05, 3.63) is 33.9 Å². The van der Waals surface area contributed by atoms with Crippen molar-refractivity contribution in [2.75, 3.05) is 39.0 Å². The summed E-state index contributed by atoms with van der Waals surface area (Å²) in [6.07, 6.45) is 0. The third kappa shape index (κ3) is 2.82. The molecule has 1 aliphatic heterocycles. The molecule has 7 heteroatoms. The Labute approximate surface area is 110 Å². The lowest BCUT2D eigenvalue weighted by Gasteiger charge is -2.32. The molecule has 0 saturated carbocycles. The molecule has 0 unspecified atom stereocenters. The van der Waals surface area contributed by atoms with Crippen molar-refractivity contribution in [3.63, 3.8) is 0 Å². The van der Waals surface area contributed by atoms with Crippen LogP contribution >= 0.6 is 0 Å². The summed E-state index contributed by atoms with van der Waals surface area (Å²) in [4.78, 5) is 26.5. The first-order valence-electron chi connectivity index (χ1n) is 6.01. The fraction of sp³-hybridized carbons (Fsp3) is 0.417. The van der Waals surface area contributed by atoms with Gasteiger partial charge in [-0.05, 0) is 19.2 Å². The van der Waals surface area contributed by atoms with Crippen LogP contribution in [0.1, 0.15) is 10.4 Å². The predicted octanol–water partition coefficient (Wildman–Crippen LogP) is 0.565. The number of benzene rings is 1. The average molecular weight is 264 g/mol. The first-order chi connectivity index (χ1) is 8.99. The van der Waals surface area contributed by atoms with Crippen LogP contribution in [0.25, 0.3) is 0 Å². The lowest BCUT2D eigenvalue weighted by atomic mass is 10.1. The highest BCUT2D eigenvalue weighted by atomic mass is 16.6. The molecule has 0 spiro atoms. The molecule has 2 N–H and O–H groups in total. The highest BCUT2D eigenvalue weighted by Crippen LogP contribution is 2.23. The van der Waals surface area contributed by atoms with Gasteiger partial charge in [-0.15, -0.1) is 0 Å². The summed E-state index contributed by atoms with van der Waals surface area (Å²) < 4.78 is 0. The van der Waals surface area contributed by atoms with Crippen LogP contribution in [0, 0.1) is 10.1 Å². The second-order valence-corrected chi connectivity index (χ2v) is 4.63. The van der Waals surface area contributed by atoms with E-state index in [1.165, 1.54) is 18.2 Å². The minimum absolute atomic E-state index is 0.0644. The highest BCUT2D eigenvalue weighted by molar-refractivity contribution is 5.99. The molecular formula is C12H16N4O3. The molecular weight excluding hydrogens is 248 g/mol. The molecule has 1 heterocycles. The fourth-order valence-corrected chi connectivity index (χ4v) is 2.06. The summed E-state index contributed by atoms with van der Waals surface area (Å²) >= 11 is 0. The Hall–Kier alpha value is -2.15. The molecule has 0 bridgehead atoms. The molecule has 7 nitrogen and oxygen atoms in total. The summed E-state index contributed by atoms with van der Waals surface area (Å²) in [5, 5.41) is 11.0. The molecule has 0 aliphatic carbocycles. The van der Waals surface area contributed by atoms with Crippen LogP contribution in [0.4, 0.5) is 11.4 Å². The maximum absolute atomic E-state index is 12.3. The number of likely N-dealkylation sites (N-methyl/N-ethyl adjacent to an activating group) is 1. The second kappa shape index (κ2) is 5.23. The molecule has 1 saturated heterocycles. The Morgan fingerprint density at radius 3 is 2.53 bits per heavy atom. The summed E-state index contributed by atoms with van der Waals surface area (Å²) in [6.45, 7) is 2.67. The van der Waals surface area contributed by atoms with E-state index < -0.39 is 4.92 Å². The number of carbonyl (C=O) groups excluding carboxylic acids is 1. The molecule has 0 aromatic heterocycles. The molecule has 1 aliphatic rings. The average Bonchev–Trinajstić information content (AvgIpc) is 2.38. The second-order valence-electron chi connectivity index (χ2n) is 4.63. The van der Waals surface area contributed by atoms with Crippen LogP contribution in [0.5, 0.6) is 0 Å². The first-order valence-corrected chi connectivity index (χ1v) is 6.01. The van der Waals surface area contributed by atoms with Crippen LogP contribution in [-0.4, -0.2) is 53.9 Å². The number of nitro groups is 1. The number of rotatable bonds is 2. The maximum Gasteiger partial charge on any atom is 0.282 e. The van der Waals surface area contributed by atoms with E-state index in [-0.39, 0.29) is 17.2 Å². The van der Waals surface area contributed by atoms with Gasteiger partial charge in [-0.1, -0.05) is 0 Å². The Bertz CT molecular complexity index is 510. The number of hydrogen-bond acceptors (Lipinski definition) is 5. The fourth-order valence-electron chi connectivity index (χ4n) is 2.06.